The lowest BCUT2D eigenvalue weighted by molar-refractivity contribution is 0.0535. The van der Waals surface area contributed by atoms with Crippen LogP contribution in [-0.4, -0.2) is 57.6 Å². The van der Waals surface area contributed by atoms with Crippen LogP contribution in [0.25, 0.3) is 0 Å². The molecular weight excluding hydrogens is 351 g/mol. The SMILES string of the molecule is Cn1cc(C(=O)N2CCN(C(=O)c3ccc(Cl)cc3Cl)CC2)cn1. The van der Waals surface area contributed by atoms with Crippen LogP contribution in [-0.2, 0) is 7.05 Å². The first kappa shape index (κ1) is 16.8. The Labute approximate surface area is 149 Å². The van der Waals surface area contributed by atoms with E-state index in [1.54, 1.807) is 52.1 Å². The number of aryl methyl sites for hydroxylation is 1. The van der Waals surface area contributed by atoms with E-state index in [0.29, 0.717) is 47.4 Å². The molecular formula is C16H16Cl2N4O2. The molecule has 3 rings (SSSR count). The quantitative estimate of drug-likeness (QED) is 0.819. The largest absolute Gasteiger partial charge is 0.335 e. The van der Waals surface area contributed by atoms with E-state index in [1.165, 1.54) is 0 Å². The molecule has 0 aliphatic carbocycles. The monoisotopic (exact) mass is 366 g/mol. The van der Waals surface area contributed by atoms with Crippen molar-refractivity contribution in [2.24, 2.45) is 7.05 Å². The highest BCUT2D eigenvalue weighted by molar-refractivity contribution is 6.36. The van der Waals surface area contributed by atoms with Crippen molar-refractivity contribution >= 4 is 35.0 Å². The van der Waals surface area contributed by atoms with Gasteiger partial charge in [0.15, 0.2) is 0 Å². The van der Waals surface area contributed by atoms with Gasteiger partial charge in [-0.15, -0.1) is 0 Å². The fourth-order valence-corrected chi connectivity index (χ4v) is 3.15. The summed E-state index contributed by atoms with van der Waals surface area (Å²) >= 11 is 12.0. The van der Waals surface area contributed by atoms with Crippen LogP contribution in [0.3, 0.4) is 0 Å². The molecule has 6 nitrogen and oxygen atoms in total. The molecule has 1 fully saturated rings. The summed E-state index contributed by atoms with van der Waals surface area (Å²) in [5.74, 6) is -0.218. The predicted molar refractivity (Wildman–Crippen MR) is 91.5 cm³/mol. The van der Waals surface area contributed by atoms with E-state index in [9.17, 15) is 9.59 Å². The van der Waals surface area contributed by atoms with Gasteiger partial charge in [-0.1, -0.05) is 23.2 Å². The van der Waals surface area contributed by atoms with Gasteiger partial charge in [-0.3, -0.25) is 14.3 Å². The number of rotatable bonds is 2. The van der Waals surface area contributed by atoms with Crippen molar-refractivity contribution in [1.29, 1.82) is 0 Å². The predicted octanol–water partition coefficient (Wildman–Crippen LogP) is 2.33. The molecule has 2 aromatic rings. The van der Waals surface area contributed by atoms with Gasteiger partial charge in [0.2, 0.25) is 0 Å². The maximum absolute atomic E-state index is 12.6. The number of piperazine rings is 1. The number of benzene rings is 1. The number of carbonyl (C=O) groups is 2. The van der Waals surface area contributed by atoms with Gasteiger partial charge >= 0.3 is 0 Å². The summed E-state index contributed by atoms with van der Waals surface area (Å²) in [5.41, 5.74) is 0.978. The van der Waals surface area contributed by atoms with Crippen molar-refractivity contribution < 1.29 is 9.59 Å². The van der Waals surface area contributed by atoms with E-state index in [2.05, 4.69) is 5.10 Å². The second-order valence-corrected chi connectivity index (χ2v) is 6.45. The molecule has 1 aliphatic heterocycles. The molecule has 0 unspecified atom stereocenters. The third-order valence-electron chi connectivity index (χ3n) is 3.97. The van der Waals surface area contributed by atoms with Gasteiger partial charge in [-0.25, -0.2) is 0 Å². The summed E-state index contributed by atoms with van der Waals surface area (Å²) in [6, 6.07) is 4.82. The lowest BCUT2D eigenvalue weighted by atomic mass is 10.1. The van der Waals surface area contributed by atoms with Gasteiger partial charge in [0.25, 0.3) is 11.8 Å². The highest BCUT2D eigenvalue weighted by Crippen LogP contribution is 2.23. The molecule has 2 amide bonds. The third kappa shape index (κ3) is 3.39. The molecule has 0 radical (unpaired) electrons. The third-order valence-corrected chi connectivity index (χ3v) is 4.52. The summed E-state index contributed by atoms with van der Waals surface area (Å²) in [5, 5.41) is 4.84. The van der Waals surface area contributed by atoms with Crippen molar-refractivity contribution in [3.63, 3.8) is 0 Å². The zero-order valence-electron chi connectivity index (χ0n) is 13.1. The molecule has 0 bridgehead atoms. The van der Waals surface area contributed by atoms with Crippen LogP contribution in [0.2, 0.25) is 10.0 Å². The Morgan fingerprint density at radius 2 is 1.67 bits per heavy atom. The Morgan fingerprint density at radius 1 is 1.04 bits per heavy atom. The second-order valence-electron chi connectivity index (χ2n) is 5.61. The first-order valence-corrected chi connectivity index (χ1v) is 8.23. The highest BCUT2D eigenvalue weighted by atomic mass is 35.5. The van der Waals surface area contributed by atoms with Crippen molar-refractivity contribution in [3.05, 3.63) is 51.8 Å². The number of carbonyl (C=O) groups excluding carboxylic acids is 2. The molecule has 1 aliphatic rings. The number of halogens is 2. The van der Waals surface area contributed by atoms with Gasteiger partial charge in [0, 0.05) is 44.4 Å². The van der Waals surface area contributed by atoms with Gasteiger partial charge in [-0.05, 0) is 18.2 Å². The summed E-state index contributed by atoms with van der Waals surface area (Å²) in [6.45, 7) is 1.88. The summed E-state index contributed by atoms with van der Waals surface area (Å²) in [7, 11) is 1.77. The van der Waals surface area contributed by atoms with E-state index in [0.717, 1.165) is 0 Å². The van der Waals surface area contributed by atoms with Crippen LogP contribution < -0.4 is 0 Å². The summed E-state index contributed by atoms with van der Waals surface area (Å²) < 4.78 is 1.59. The Morgan fingerprint density at radius 3 is 2.21 bits per heavy atom. The van der Waals surface area contributed by atoms with Crippen molar-refractivity contribution in [2.75, 3.05) is 26.2 Å². The van der Waals surface area contributed by atoms with Crippen LogP contribution in [0.15, 0.2) is 30.6 Å². The van der Waals surface area contributed by atoms with Gasteiger partial charge < -0.3 is 9.80 Å². The zero-order chi connectivity index (χ0) is 17.3. The van der Waals surface area contributed by atoms with Gasteiger partial charge in [0.05, 0.1) is 22.3 Å². The Bertz CT molecular complexity index is 782. The molecule has 0 saturated carbocycles. The number of hydrogen-bond donors (Lipinski definition) is 0. The topological polar surface area (TPSA) is 58.4 Å². The average Bonchev–Trinajstić information content (AvgIpc) is 3.00. The van der Waals surface area contributed by atoms with E-state index in [-0.39, 0.29) is 11.8 Å². The molecule has 1 saturated heterocycles. The first-order valence-electron chi connectivity index (χ1n) is 7.48. The Hall–Kier alpha value is -2.05. The fraction of sp³-hybridized carbons (Fsp3) is 0.312. The van der Waals surface area contributed by atoms with Crippen molar-refractivity contribution in [3.8, 4) is 0 Å². The average molecular weight is 367 g/mol. The maximum Gasteiger partial charge on any atom is 0.257 e. The second kappa shape index (κ2) is 6.83. The van der Waals surface area contributed by atoms with Crippen LogP contribution >= 0.6 is 23.2 Å². The summed E-state index contributed by atoms with van der Waals surface area (Å²) in [4.78, 5) is 28.4. The minimum atomic E-state index is -0.148. The molecule has 1 aromatic carbocycles. The lowest BCUT2D eigenvalue weighted by Crippen LogP contribution is -2.50. The minimum Gasteiger partial charge on any atom is -0.335 e. The highest BCUT2D eigenvalue weighted by Gasteiger charge is 2.26. The first-order chi connectivity index (χ1) is 11.5. The van der Waals surface area contributed by atoms with E-state index >= 15 is 0 Å². The molecule has 0 N–H and O–H groups in total. The summed E-state index contributed by atoms with van der Waals surface area (Å²) in [6.07, 6.45) is 3.24. The van der Waals surface area contributed by atoms with Crippen molar-refractivity contribution in [1.82, 2.24) is 19.6 Å². The van der Waals surface area contributed by atoms with Crippen molar-refractivity contribution in [2.45, 2.75) is 0 Å². The number of aromatic nitrogens is 2. The normalized spacial score (nSPS) is 14.8. The molecule has 2 heterocycles. The number of hydrogen-bond acceptors (Lipinski definition) is 3. The van der Waals surface area contributed by atoms with E-state index in [4.69, 9.17) is 23.2 Å². The zero-order valence-corrected chi connectivity index (χ0v) is 14.6. The number of nitrogens with zero attached hydrogens (tertiary/aromatic N) is 4. The van der Waals surface area contributed by atoms with E-state index < -0.39 is 0 Å². The number of amides is 2. The lowest BCUT2D eigenvalue weighted by Gasteiger charge is -2.34. The van der Waals surface area contributed by atoms with Crippen LogP contribution in [0.4, 0.5) is 0 Å². The van der Waals surface area contributed by atoms with Gasteiger partial charge in [0.1, 0.15) is 0 Å². The Balaban J connectivity index is 1.64. The minimum absolute atomic E-state index is 0.0697. The fourth-order valence-electron chi connectivity index (χ4n) is 2.66. The van der Waals surface area contributed by atoms with Crippen LogP contribution in [0.5, 0.6) is 0 Å². The molecule has 24 heavy (non-hydrogen) atoms. The molecule has 0 spiro atoms. The maximum atomic E-state index is 12.6. The molecule has 1 aromatic heterocycles. The van der Waals surface area contributed by atoms with Crippen LogP contribution in [0, 0.1) is 0 Å². The molecule has 8 heteroatoms. The smallest absolute Gasteiger partial charge is 0.257 e. The molecule has 0 atom stereocenters. The van der Waals surface area contributed by atoms with Gasteiger partial charge in [-0.2, -0.15) is 5.10 Å². The van der Waals surface area contributed by atoms with Crippen LogP contribution in [0.1, 0.15) is 20.7 Å². The molecule has 126 valence electrons. The Kier molecular flexibility index (Phi) is 4.78. The standard InChI is InChI=1S/C16H16Cl2N4O2/c1-20-10-11(9-19-20)15(23)21-4-6-22(7-5-21)16(24)13-3-2-12(17)8-14(13)18/h2-3,8-10H,4-7H2,1H3. The van der Waals surface area contributed by atoms with E-state index in [1.807, 2.05) is 0 Å².